The highest BCUT2D eigenvalue weighted by Gasteiger charge is 2.09. The molecule has 1 aromatic heterocycles. The number of guanidine groups is 1. The van der Waals surface area contributed by atoms with Gasteiger partial charge >= 0.3 is 0 Å². The molecule has 6 nitrogen and oxygen atoms in total. The Hall–Kier alpha value is -1.59. The first-order valence-corrected chi connectivity index (χ1v) is 8.52. The van der Waals surface area contributed by atoms with Crippen molar-refractivity contribution in [3.05, 3.63) is 11.7 Å². The second-order valence-corrected chi connectivity index (χ2v) is 5.70. The van der Waals surface area contributed by atoms with Crippen molar-refractivity contribution >= 4 is 5.96 Å². The molecule has 0 saturated heterocycles. The number of nitrogens with one attached hydrogen (secondary N) is 2. The van der Waals surface area contributed by atoms with Gasteiger partial charge in [0.25, 0.3) is 0 Å². The van der Waals surface area contributed by atoms with Crippen LogP contribution in [0.2, 0.25) is 0 Å². The Morgan fingerprint density at radius 1 is 1.18 bits per heavy atom. The Morgan fingerprint density at radius 2 is 2.00 bits per heavy atom. The van der Waals surface area contributed by atoms with Crippen molar-refractivity contribution in [3.8, 4) is 0 Å². The van der Waals surface area contributed by atoms with E-state index >= 15 is 0 Å². The molecule has 126 valence electrons. The fraction of sp³-hybridized carbons (Fsp3) is 0.812. The zero-order chi connectivity index (χ0) is 16.2. The minimum atomic E-state index is 0.299. The third-order valence-electron chi connectivity index (χ3n) is 3.26. The smallest absolute Gasteiger partial charge is 0.228 e. The van der Waals surface area contributed by atoms with Gasteiger partial charge in [-0.15, -0.1) is 0 Å². The predicted octanol–water partition coefficient (Wildman–Crippen LogP) is 2.87. The van der Waals surface area contributed by atoms with Gasteiger partial charge < -0.3 is 15.2 Å². The molecule has 0 bridgehead atoms. The summed E-state index contributed by atoms with van der Waals surface area (Å²) in [5, 5.41) is 10.5. The Bertz CT molecular complexity index is 428. The monoisotopic (exact) mass is 309 g/mol. The van der Waals surface area contributed by atoms with Crippen LogP contribution in [-0.2, 0) is 6.42 Å². The van der Waals surface area contributed by atoms with Crippen molar-refractivity contribution in [2.45, 2.75) is 65.7 Å². The van der Waals surface area contributed by atoms with Crippen LogP contribution in [-0.4, -0.2) is 35.7 Å². The second-order valence-electron chi connectivity index (χ2n) is 5.70. The third kappa shape index (κ3) is 7.43. The van der Waals surface area contributed by atoms with Crippen LogP contribution in [0, 0.1) is 0 Å². The first-order valence-electron chi connectivity index (χ1n) is 8.52. The number of aliphatic imine (C=N–C) groups is 1. The lowest BCUT2D eigenvalue weighted by molar-refractivity contribution is 0.371. The van der Waals surface area contributed by atoms with Crippen LogP contribution in [0.1, 0.15) is 71.0 Å². The van der Waals surface area contributed by atoms with E-state index in [1.165, 1.54) is 19.3 Å². The van der Waals surface area contributed by atoms with Gasteiger partial charge in [0.2, 0.25) is 5.89 Å². The van der Waals surface area contributed by atoms with Crippen molar-refractivity contribution < 1.29 is 4.52 Å². The Labute approximate surface area is 134 Å². The summed E-state index contributed by atoms with van der Waals surface area (Å²) in [4.78, 5) is 8.95. The molecule has 6 heteroatoms. The van der Waals surface area contributed by atoms with Crippen molar-refractivity contribution in [1.82, 2.24) is 20.8 Å². The van der Waals surface area contributed by atoms with E-state index in [4.69, 9.17) is 4.52 Å². The Morgan fingerprint density at radius 3 is 2.64 bits per heavy atom. The van der Waals surface area contributed by atoms with Crippen molar-refractivity contribution in [3.63, 3.8) is 0 Å². The molecule has 1 aromatic rings. The van der Waals surface area contributed by atoms with Gasteiger partial charge in [0.1, 0.15) is 0 Å². The lowest BCUT2D eigenvalue weighted by atomic mass is 10.2. The number of nitrogens with zero attached hydrogens (tertiary/aromatic N) is 3. The predicted molar refractivity (Wildman–Crippen MR) is 90.2 cm³/mol. The standard InChI is InChI=1S/C16H31N5O/c1-5-7-8-9-11-18-16(17-6-2)19-12-10-14-20-15(13(3)4)21-22-14/h13H,5-12H2,1-4H3,(H2,17,18,19). The molecule has 0 spiro atoms. The molecule has 22 heavy (non-hydrogen) atoms. The molecule has 0 aliphatic carbocycles. The highest BCUT2D eigenvalue weighted by Crippen LogP contribution is 2.09. The van der Waals surface area contributed by atoms with Gasteiger partial charge in [-0.05, 0) is 13.3 Å². The van der Waals surface area contributed by atoms with Gasteiger partial charge in [-0.2, -0.15) is 4.98 Å². The molecule has 0 unspecified atom stereocenters. The average molecular weight is 309 g/mol. The normalized spacial score (nSPS) is 12.0. The summed E-state index contributed by atoms with van der Waals surface area (Å²) in [6.07, 6.45) is 5.64. The van der Waals surface area contributed by atoms with Crippen LogP contribution in [0.3, 0.4) is 0 Å². The van der Waals surface area contributed by atoms with E-state index in [1.54, 1.807) is 0 Å². The summed E-state index contributed by atoms with van der Waals surface area (Å²) in [6.45, 7) is 10.9. The molecular formula is C16H31N5O. The fourth-order valence-corrected chi connectivity index (χ4v) is 1.96. The first kappa shape index (κ1) is 18.5. The fourth-order valence-electron chi connectivity index (χ4n) is 1.96. The minimum Gasteiger partial charge on any atom is -0.357 e. The molecule has 2 N–H and O–H groups in total. The summed E-state index contributed by atoms with van der Waals surface area (Å²) in [5.74, 6) is 2.61. The molecule has 1 rings (SSSR count). The lowest BCUT2D eigenvalue weighted by Crippen LogP contribution is -2.38. The highest BCUT2D eigenvalue weighted by atomic mass is 16.5. The lowest BCUT2D eigenvalue weighted by Gasteiger charge is -2.10. The maximum absolute atomic E-state index is 5.23. The summed E-state index contributed by atoms with van der Waals surface area (Å²) >= 11 is 0. The van der Waals surface area contributed by atoms with Gasteiger partial charge in [-0.25, -0.2) is 0 Å². The Kier molecular flexibility index (Phi) is 9.26. The van der Waals surface area contributed by atoms with Crippen LogP contribution >= 0.6 is 0 Å². The van der Waals surface area contributed by atoms with E-state index in [1.807, 2.05) is 0 Å². The summed E-state index contributed by atoms with van der Waals surface area (Å²) < 4.78 is 5.23. The van der Waals surface area contributed by atoms with E-state index in [-0.39, 0.29) is 0 Å². The van der Waals surface area contributed by atoms with Crippen LogP contribution in [0.25, 0.3) is 0 Å². The van der Waals surface area contributed by atoms with Gasteiger partial charge in [0, 0.05) is 32.0 Å². The van der Waals surface area contributed by atoms with Crippen molar-refractivity contribution in [2.75, 3.05) is 19.6 Å². The molecule has 0 saturated carbocycles. The molecule has 0 radical (unpaired) electrons. The van der Waals surface area contributed by atoms with E-state index in [2.05, 4.69) is 53.5 Å². The van der Waals surface area contributed by atoms with Crippen LogP contribution < -0.4 is 10.6 Å². The summed E-state index contributed by atoms with van der Waals surface area (Å²) in [6, 6.07) is 0. The van der Waals surface area contributed by atoms with Gasteiger partial charge in [0.05, 0.1) is 0 Å². The third-order valence-corrected chi connectivity index (χ3v) is 3.26. The van der Waals surface area contributed by atoms with Gasteiger partial charge in [-0.3, -0.25) is 4.99 Å². The number of aromatic nitrogens is 2. The second kappa shape index (κ2) is 11.0. The molecule has 0 atom stereocenters. The SMILES string of the molecule is CCCCCCN=C(NCC)NCCc1nc(C(C)C)no1. The number of hydrogen-bond acceptors (Lipinski definition) is 4. The number of rotatable bonds is 10. The highest BCUT2D eigenvalue weighted by molar-refractivity contribution is 5.79. The Balaban J connectivity index is 2.31. The molecule has 0 aromatic carbocycles. The molecular weight excluding hydrogens is 278 g/mol. The number of unbranched alkanes of at least 4 members (excludes halogenated alkanes) is 3. The van der Waals surface area contributed by atoms with Crippen molar-refractivity contribution in [2.24, 2.45) is 4.99 Å². The maximum atomic E-state index is 5.23. The zero-order valence-corrected chi connectivity index (χ0v) is 14.5. The van der Waals surface area contributed by atoms with Gasteiger partial charge in [0.15, 0.2) is 11.8 Å². The van der Waals surface area contributed by atoms with Crippen LogP contribution in [0.4, 0.5) is 0 Å². The van der Waals surface area contributed by atoms with Crippen LogP contribution in [0.5, 0.6) is 0 Å². The maximum Gasteiger partial charge on any atom is 0.228 e. The zero-order valence-electron chi connectivity index (χ0n) is 14.5. The molecule has 0 aliphatic heterocycles. The van der Waals surface area contributed by atoms with Crippen molar-refractivity contribution in [1.29, 1.82) is 0 Å². The van der Waals surface area contributed by atoms with E-state index in [0.29, 0.717) is 18.2 Å². The molecule has 0 amide bonds. The first-order chi connectivity index (χ1) is 10.7. The molecule has 0 aliphatic rings. The summed E-state index contributed by atoms with van der Waals surface area (Å²) in [5.41, 5.74) is 0. The molecule has 0 fully saturated rings. The topological polar surface area (TPSA) is 75.3 Å². The molecule has 1 heterocycles. The quantitative estimate of drug-likeness (QED) is 0.395. The summed E-state index contributed by atoms with van der Waals surface area (Å²) in [7, 11) is 0. The minimum absolute atomic E-state index is 0.299. The number of hydrogen-bond donors (Lipinski definition) is 2. The van der Waals surface area contributed by atoms with Crippen LogP contribution in [0.15, 0.2) is 9.52 Å². The van der Waals surface area contributed by atoms with E-state index in [9.17, 15) is 0 Å². The van der Waals surface area contributed by atoms with E-state index in [0.717, 1.165) is 37.8 Å². The largest absolute Gasteiger partial charge is 0.357 e. The van der Waals surface area contributed by atoms with Gasteiger partial charge in [-0.1, -0.05) is 45.2 Å². The average Bonchev–Trinajstić information content (AvgIpc) is 2.96. The van der Waals surface area contributed by atoms with E-state index < -0.39 is 0 Å².